The van der Waals surface area contributed by atoms with E-state index in [1.54, 1.807) is 0 Å². The van der Waals surface area contributed by atoms with Gasteiger partial charge in [0, 0.05) is 12.6 Å². The Bertz CT molecular complexity index is 433. The highest BCUT2D eigenvalue weighted by atomic mass is 19.1. The van der Waals surface area contributed by atoms with Crippen molar-refractivity contribution in [3.8, 4) is 0 Å². The Hall–Kier alpha value is -1.69. The van der Waals surface area contributed by atoms with Crippen LogP contribution >= 0.6 is 0 Å². The lowest BCUT2D eigenvalue weighted by Crippen LogP contribution is -2.24. The van der Waals surface area contributed by atoms with Crippen LogP contribution in [0.5, 0.6) is 0 Å². The molecule has 1 aromatic carbocycles. The van der Waals surface area contributed by atoms with E-state index in [-0.39, 0.29) is 5.69 Å². The Kier molecular flexibility index (Phi) is 4.09. The van der Waals surface area contributed by atoms with Crippen molar-refractivity contribution < 1.29 is 9.31 Å². The summed E-state index contributed by atoms with van der Waals surface area (Å²) in [5, 5.41) is 17.1. The molecule has 0 spiro atoms. The molecule has 0 aromatic heterocycles. The SMILES string of the molecule is O=[N+]([O-])c1c(F)cccc1NCCC1CCCN1. The molecule has 0 aliphatic carbocycles. The highest BCUT2D eigenvalue weighted by Crippen LogP contribution is 2.27. The molecule has 1 aliphatic heterocycles. The molecule has 6 heteroatoms. The summed E-state index contributed by atoms with van der Waals surface area (Å²) < 4.78 is 13.3. The van der Waals surface area contributed by atoms with Crippen molar-refractivity contribution >= 4 is 11.4 Å². The van der Waals surface area contributed by atoms with Crippen LogP contribution in [-0.4, -0.2) is 24.1 Å². The molecule has 5 nitrogen and oxygen atoms in total. The summed E-state index contributed by atoms with van der Waals surface area (Å²) in [5.74, 6) is -0.802. The van der Waals surface area contributed by atoms with Gasteiger partial charge in [0.15, 0.2) is 0 Å². The van der Waals surface area contributed by atoms with Crippen molar-refractivity contribution in [2.45, 2.75) is 25.3 Å². The number of anilines is 1. The minimum atomic E-state index is -0.802. The normalized spacial score (nSPS) is 18.8. The van der Waals surface area contributed by atoms with Gasteiger partial charge in [0.2, 0.25) is 5.82 Å². The van der Waals surface area contributed by atoms with E-state index < -0.39 is 16.4 Å². The van der Waals surface area contributed by atoms with Crippen LogP contribution in [0.3, 0.4) is 0 Å². The van der Waals surface area contributed by atoms with Crippen molar-refractivity contribution in [2.75, 3.05) is 18.4 Å². The first kappa shape index (κ1) is 12.8. The molecule has 1 atom stereocenters. The number of hydrogen-bond donors (Lipinski definition) is 2. The van der Waals surface area contributed by atoms with Gasteiger partial charge in [0.05, 0.1) is 4.92 Å². The summed E-state index contributed by atoms with van der Waals surface area (Å²) in [6.45, 7) is 1.63. The second-order valence-corrected chi connectivity index (χ2v) is 4.40. The molecule has 0 amide bonds. The van der Waals surface area contributed by atoms with E-state index in [2.05, 4.69) is 10.6 Å². The van der Waals surface area contributed by atoms with Gasteiger partial charge in [-0.05, 0) is 37.9 Å². The van der Waals surface area contributed by atoms with E-state index in [0.29, 0.717) is 12.6 Å². The summed E-state index contributed by atoms with van der Waals surface area (Å²) in [6, 6.07) is 4.56. The molecule has 1 unspecified atom stereocenters. The zero-order valence-electron chi connectivity index (χ0n) is 9.99. The van der Waals surface area contributed by atoms with E-state index in [1.807, 2.05) is 0 Å². The quantitative estimate of drug-likeness (QED) is 0.624. The molecule has 1 fully saturated rings. The molecule has 1 heterocycles. The number of nitro benzene ring substituents is 1. The molecule has 0 radical (unpaired) electrons. The van der Waals surface area contributed by atoms with Crippen LogP contribution in [0.2, 0.25) is 0 Å². The summed E-state index contributed by atoms with van der Waals surface area (Å²) >= 11 is 0. The summed E-state index contributed by atoms with van der Waals surface area (Å²) in [5.41, 5.74) is -0.227. The van der Waals surface area contributed by atoms with Crippen LogP contribution in [0.25, 0.3) is 0 Å². The fraction of sp³-hybridized carbons (Fsp3) is 0.500. The smallest absolute Gasteiger partial charge is 0.327 e. The fourth-order valence-corrected chi connectivity index (χ4v) is 2.23. The van der Waals surface area contributed by atoms with E-state index in [9.17, 15) is 14.5 Å². The Balaban J connectivity index is 1.96. The molecule has 1 saturated heterocycles. The predicted molar refractivity (Wildman–Crippen MR) is 67.2 cm³/mol. The van der Waals surface area contributed by atoms with Crippen LogP contribution in [0.15, 0.2) is 18.2 Å². The predicted octanol–water partition coefficient (Wildman–Crippen LogP) is 2.29. The van der Waals surface area contributed by atoms with Gasteiger partial charge < -0.3 is 10.6 Å². The van der Waals surface area contributed by atoms with Crippen LogP contribution in [0.1, 0.15) is 19.3 Å². The lowest BCUT2D eigenvalue weighted by atomic mass is 10.1. The largest absolute Gasteiger partial charge is 0.379 e. The van der Waals surface area contributed by atoms with Gasteiger partial charge in [-0.2, -0.15) is 4.39 Å². The molecule has 0 saturated carbocycles. The lowest BCUT2D eigenvalue weighted by Gasteiger charge is -2.11. The van der Waals surface area contributed by atoms with Crippen molar-refractivity contribution in [3.63, 3.8) is 0 Å². The molecule has 98 valence electrons. The molecular formula is C12H16FN3O2. The minimum absolute atomic E-state index is 0.248. The monoisotopic (exact) mass is 253 g/mol. The van der Waals surface area contributed by atoms with Gasteiger partial charge in [-0.3, -0.25) is 10.1 Å². The van der Waals surface area contributed by atoms with Gasteiger partial charge in [0.1, 0.15) is 5.69 Å². The number of halogens is 1. The molecule has 2 rings (SSSR count). The van der Waals surface area contributed by atoms with Gasteiger partial charge >= 0.3 is 5.69 Å². The molecule has 1 aliphatic rings. The van der Waals surface area contributed by atoms with Gasteiger partial charge in [-0.25, -0.2) is 0 Å². The van der Waals surface area contributed by atoms with Crippen molar-refractivity contribution in [3.05, 3.63) is 34.1 Å². The highest BCUT2D eigenvalue weighted by molar-refractivity contribution is 5.61. The number of nitro groups is 1. The number of para-hydroxylation sites is 1. The Morgan fingerprint density at radius 2 is 2.39 bits per heavy atom. The number of nitrogens with zero attached hydrogens (tertiary/aromatic N) is 1. The van der Waals surface area contributed by atoms with E-state index in [1.165, 1.54) is 18.6 Å². The second kappa shape index (κ2) is 5.77. The Morgan fingerprint density at radius 1 is 1.56 bits per heavy atom. The maximum Gasteiger partial charge on any atom is 0.327 e. The average molecular weight is 253 g/mol. The molecule has 18 heavy (non-hydrogen) atoms. The van der Waals surface area contributed by atoms with Gasteiger partial charge in [-0.1, -0.05) is 6.07 Å². The van der Waals surface area contributed by atoms with Crippen molar-refractivity contribution in [1.29, 1.82) is 0 Å². The minimum Gasteiger partial charge on any atom is -0.379 e. The zero-order chi connectivity index (χ0) is 13.0. The van der Waals surface area contributed by atoms with E-state index in [0.717, 1.165) is 25.5 Å². The summed E-state index contributed by atoms with van der Waals surface area (Å²) in [7, 11) is 0. The number of nitrogens with one attached hydrogen (secondary N) is 2. The van der Waals surface area contributed by atoms with E-state index >= 15 is 0 Å². The van der Waals surface area contributed by atoms with Crippen LogP contribution < -0.4 is 10.6 Å². The molecule has 2 N–H and O–H groups in total. The molecular weight excluding hydrogens is 237 g/mol. The fourth-order valence-electron chi connectivity index (χ4n) is 2.23. The van der Waals surface area contributed by atoms with E-state index in [4.69, 9.17) is 0 Å². The summed E-state index contributed by atoms with van der Waals surface area (Å²) in [4.78, 5) is 10.1. The Morgan fingerprint density at radius 3 is 3.06 bits per heavy atom. The Labute approximate surface area is 105 Å². The number of benzene rings is 1. The first-order chi connectivity index (χ1) is 8.68. The summed E-state index contributed by atoms with van der Waals surface area (Å²) in [6.07, 6.45) is 3.19. The first-order valence-corrected chi connectivity index (χ1v) is 6.08. The van der Waals surface area contributed by atoms with Crippen LogP contribution in [0.4, 0.5) is 15.8 Å². The maximum absolute atomic E-state index is 13.3. The first-order valence-electron chi connectivity index (χ1n) is 6.08. The zero-order valence-corrected chi connectivity index (χ0v) is 9.99. The lowest BCUT2D eigenvalue weighted by molar-refractivity contribution is -0.386. The third-order valence-corrected chi connectivity index (χ3v) is 3.14. The van der Waals surface area contributed by atoms with Crippen LogP contribution in [-0.2, 0) is 0 Å². The van der Waals surface area contributed by atoms with Crippen molar-refractivity contribution in [1.82, 2.24) is 5.32 Å². The third kappa shape index (κ3) is 2.95. The highest BCUT2D eigenvalue weighted by Gasteiger charge is 2.20. The third-order valence-electron chi connectivity index (χ3n) is 3.14. The standard InChI is InChI=1S/C12H16FN3O2/c13-10-4-1-5-11(12(10)16(17)18)15-8-6-9-3-2-7-14-9/h1,4-5,9,14-15H,2-3,6-8H2. The van der Waals surface area contributed by atoms with Gasteiger partial charge in [-0.15, -0.1) is 0 Å². The van der Waals surface area contributed by atoms with Crippen LogP contribution in [0, 0.1) is 15.9 Å². The molecule has 1 aromatic rings. The average Bonchev–Trinajstić information content (AvgIpc) is 2.81. The topological polar surface area (TPSA) is 67.2 Å². The maximum atomic E-state index is 13.3. The number of rotatable bonds is 5. The molecule has 0 bridgehead atoms. The van der Waals surface area contributed by atoms with Crippen molar-refractivity contribution in [2.24, 2.45) is 0 Å². The second-order valence-electron chi connectivity index (χ2n) is 4.40. The number of hydrogen-bond acceptors (Lipinski definition) is 4. The van der Waals surface area contributed by atoms with Gasteiger partial charge in [0.25, 0.3) is 0 Å².